The molecule has 4 heteroatoms. The van der Waals surface area contributed by atoms with Gasteiger partial charge >= 0.3 is 0 Å². The molecule has 0 saturated heterocycles. The van der Waals surface area contributed by atoms with E-state index in [1.807, 2.05) is 12.1 Å². The average molecular weight is 248 g/mol. The van der Waals surface area contributed by atoms with Gasteiger partial charge in [0.15, 0.2) is 6.29 Å². The summed E-state index contributed by atoms with van der Waals surface area (Å²) in [7, 11) is 0. The van der Waals surface area contributed by atoms with E-state index in [4.69, 9.17) is 11.6 Å². The Hall–Kier alpha value is -1.87. The van der Waals surface area contributed by atoms with Crippen LogP contribution in [0.25, 0.3) is 0 Å². The second-order valence-corrected chi connectivity index (χ2v) is 4.11. The zero-order valence-electron chi connectivity index (χ0n) is 8.94. The number of aromatic amines is 1. The maximum atomic E-state index is 11.2. The lowest BCUT2D eigenvalue weighted by Crippen LogP contribution is -2.10. The van der Waals surface area contributed by atoms with E-state index in [0.717, 1.165) is 11.8 Å². The second-order valence-electron chi connectivity index (χ2n) is 3.68. The van der Waals surface area contributed by atoms with E-state index in [0.29, 0.717) is 22.7 Å². The summed E-state index contributed by atoms with van der Waals surface area (Å²) in [6, 6.07) is 10.1. The number of rotatable bonds is 3. The summed E-state index contributed by atoms with van der Waals surface area (Å²) in [5, 5.41) is 0.658. The van der Waals surface area contributed by atoms with Crippen molar-refractivity contribution in [1.29, 1.82) is 0 Å². The lowest BCUT2D eigenvalue weighted by molar-refractivity contribution is 0.112. The molecule has 1 heterocycles. The molecule has 2 rings (SSSR count). The van der Waals surface area contributed by atoms with Gasteiger partial charge in [0.25, 0.3) is 0 Å². The van der Waals surface area contributed by atoms with Crippen LogP contribution in [-0.2, 0) is 6.42 Å². The predicted molar refractivity (Wildman–Crippen MR) is 66.7 cm³/mol. The molecule has 3 nitrogen and oxygen atoms in total. The van der Waals surface area contributed by atoms with Crippen molar-refractivity contribution < 1.29 is 4.79 Å². The molecule has 0 radical (unpaired) electrons. The van der Waals surface area contributed by atoms with Crippen LogP contribution in [0.4, 0.5) is 0 Å². The maximum absolute atomic E-state index is 11.2. The first-order valence-electron chi connectivity index (χ1n) is 5.11. The molecule has 0 aliphatic rings. The van der Waals surface area contributed by atoms with Gasteiger partial charge in [-0.1, -0.05) is 23.7 Å². The summed E-state index contributed by atoms with van der Waals surface area (Å²) in [6.07, 6.45) is 1.24. The average Bonchev–Trinajstić information content (AvgIpc) is 2.32. The van der Waals surface area contributed by atoms with Gasteiger partial charge < -0.3 is 4.98 Å². The zero-order chi connectivity index (χ0) is 12.3. The Morgan fingerprint density at radius 3 is 2.47 bits per heavy atom. The van der Waals surface area contributed by atoms with E-state index in [1.54, 1.807) is 12.1 Å². The van der Waals surface area contributed by atoms with Gasteiger partial charge in [-0.15, -0.1) is 0 Å². The second kappa shape index (κ2) is 4.97. The van der Waals surface area contributed by atoms with Crippen molar-refractivity contribution in [3.05, 3.63) is 68.6 Å². The number of aromatic nitrogens is 1. The molecule has 86 valence electrons. The molecule has 1 aromatic carbocycles. The number of benzene rings is 1. The Morgan fingerprint density at radius 2 is 1.82 bits per heavy atom. The SMILES string of the molecule is O=Cc1ccc(=O)[nH]c1Cc1ccc(Cl)cc1. The van der Waals surface area contributed by atoms with Crippen LogP contribution in [-0.4, -0.2) is 11.3 Å². The molecule has 1 aromatic heterocycles. The van der Waals surface area contributed by atoms with Crippen LogP contribution < -0.4 is 5.56 Å². The highest BCUT2D eigenvalue weighted by molar-refractivity contribution is 6.30. The maximum Gasteiger partial charge on any atom is 0.248 e. The topological polar surface area (TPSA) is 49.9 Å². The lowest BCUT2D eigenvalue weighted by atomic mass is 10.1. The van der Waals surface area contributed by atoms with Crippen molar-refractivity contribution in [3.8, 4) is 0 Å². The van der Waals surface area contributed by atoms with E-state index in [1.165, 1.54) is 12.1 Å². The molecule has 0 unspecified atom stereocenters. The fourth-order valence-electron chi connectivity index (χ4n) is 1.59. The predicted octanol–water partition coefficient (Wildman–Crippen LogP) is 2.43. The van der Waals surface area contributed by atoms with Crippen molar-refractivity contribution >= 4 is 17.9 Å². The molecule has 0 fully saturated rings. The molecule has 0 aliphatic heterocycles. The molecule has 0 bridgehead atoms. The number of H-pyrrole nitrogens is 1. The molecule has 0 saturated carbocycles. The van der Waals surface area contributed by atoms with Gasteiger partial charge in [-0.05, 0) is 23.8 Å². The van der Waals surface area contributed by atoms with Crippen molar-refractivity contribution in [2.24, 2.45) is 0 Å². The van der Waals surface area contributed by atoms with Crippen LogP contribution in [0.5, 0.6) is 0 Å². The largest absolute Gasteiger partial charge is 0.325 e. The molecule has 0 aliphatic carbocycles. The van der Waals surface area contributed by atoms with Gasteiger partial charge in [-0.3, -0.25) is 9.59 Å². The van der Waals surface area contributed by atoms with E-state index < -0.39 is 0 Å². The third kappa shape index (κ3) is 2.82. The number of aldehydes is 1. The fraction of sp³-hybridized carbons (Fsp3) is 0.0769. The Labute approximate surface area is 103 Å². The molecule has 1 N–H and O–H groups in total. The van der Waals surface area contributed by atoms with Gasteiger partial charge in [0.05, 0.1) is 0 Å². The molecule has 17 heavy (non-hydrogen) atoms. The normalized spacial score (nSPS) is 10.2. The fourth-order valence-corrected chi connectivity index (χ4v) is 1.72. The van der Waals surface area contributed by atoms with Gasteiger partial charge in [-0.25, -0.2) is 0 Å². The quantitative estimate of drug-likeness (QED) is 0.847. The van der Waals surface area contributed by atoms with Crippen molar-refractivity contribution in [3.63, 3.8) is 0 Å². The third-order valence-corrected chi connectivity index (χ3v) is 2.71. The van der Waals surface area contributed by atoms with Gasteiger partial charge in [0, 0.05) is 28.8 Å². The highest BCUT2D eigenvalue weighted by atomic mass is 35.5. The molecule has 2 aromatic rings. The number of hydrogen-bond acceptors (Lipinski definition) is 2. The summed E-state index contributed by atoms with van der Waals surface area (Å²) in [6.45, 7) is 0. The highest BCUT2D eigenvalue weighted by Gasteiger charge is 2.04. The summed E-state index contributed by atoms with van der Waals surface area (Å²) < 4.78 is 0. The minimum atomic E-state index is -0.209. The van der Waals surface area contributed by atoms with Crippen molar-refractivity contribution in [1.82, 2.24) is 4.98 Å². The van der Waals surface area contributed by atoms with Crippen molar-refractivity contribution in [2.45, 2.75) is 6.42 Å². The number of pyridine rings is 1. The molecular weight excluding hydrogens is 238 g/mol. The molecule has 0 atom stereocenters. The van der Waals surface area contributed by atoms with E-state index >= 15 is 0 Å². The first kappa shape index (κ1) is 11.6. The zero-order valence-corrected chi connectivity index (χ0v) is 9.70. The van der Waals surface area contributed by atoms with Gasteiger partial charge in [0.2, 0.25) is 5.56 Å². The van der Waals surface area contributed by atoms with E-state index in [2.05, 4.69) is 4.98 Å². The van der Waals surface area contributed by atoms with E-state index in [9.17, 15) is 9.59 Å². The monoisotopic (exact) mass is 247 g/mol. The van der Waals surface area contributed by atoms with Crippen LogP contribution in [0.1, 0.15) is 21.6 Å². The van der Waals surface area contributed by atoms with Gasteiger partial charge in [0.1, 0.15) is 0 Å². The number of carbonyl (C=O) groups is 1. The summed E-state index contributed by atoms with van der Waals surface area (Å²) in [4.78, 5) is 24.7. The van der Waals surface area contributed by atoms with Crippen LogP contribution in [0.2, 0.25) is 5.02 Å². The first-order valence-corrected chi connectivity index (χ1v) is 5.48. The molecule has 0 amide bonds. The van der Waals surface area contributed by atoms with Crippen LogP contribution in [0.3, 0.4) is 0 Å². The summed E-state index contributed by atoms with van der Waals surface area (Å²) in [5.41, 5.74) is 1.90. The van der Waals surface area contributed by atoms with Crippen LogP contribution >= 0.6 is 11.6 Å². The highest BCUT2D eigenvalue weighted by Crippen LogP contribution is 2.13. The minimum absolute atomic E-state index is 0.209. The van der Waals surface area contributed by atoms with Gasteiger partial charge in [-0.2, -0.15) is 0 Å². The third-order valence-electron chi connectivity index (χ3n) is 2.46. The summed E-state index contributed by atoms with van der Waals surface area (Å²) in [5.74, 6) is 0. The Morgan fingerprint density at radius 1 is 1.12 bits per heavy atom. The van der Waals surface area contributed by atoms with E-state index in [-0.39, 0.29) is 5.56 Å². The Kier molecular flexibility index (Phi) is 3.40. The Bertz CT molecular complexity index is 587. The van der Waals surface area contributed by atoms with Crippen LogP contribution in [0, 0.1) is 0 Å². The van der Waals surface area contributed by atoms with Crippen LogP contribution in [0.15, 0.2) is 41.2 Å². The number of hydrogen-bond donors (Lipinski definition) is 1. The lowest BCUT2D eigenvalue weighted by Gasteiger charge is -2.04. The first-order chi connectivity index (χ1) is 8.19. The minimum Gasteiger partial charge on any atom is -0.325 e. The van der Waals surface area contributed by atoms with Crippen molar-refractivity contribution in [2.75, 3.05) is 0 Å². The Balaban J connectivity index is 2.35. The molecular formula is C13H10ClNO2. The smallest absolute Gasteiger partial charge is 0.248 e. The number of halogens is 1. The molecule has 0 spiro atoms. The number of carbonyl (C=O) groups excluding carboxylic acids is 1. The number of nitrogens with one attached hydrogen (secondary N) is 1. The summed E-state index contributed by atoms with van der Waals surface area (Å²) >= 11 is 5.78. The standard InChI is InChI=1S/C13H10ClNO2/c14-11-4-1-9(2-5-11)7-12-10(8-16)3-6-13(17)15-12/h1-6,8H,7H2,(H,15,17).